The molecular weight excluding hydrogens is 252 g/mol. The first kappa shape index (κ1) is 12.4. The Morgan fingerprint density at radius 1 is 1.06 bits per heavy atom. The third-order valence-electron chi connectivity index (χ3n) is 2.38. The molecule has 1 N–H and O–H groups in total. The monoisotopic (exact) mass is 264 g/mol. The van der Waals surface area contributed by atoms with Gasteiger partial charge in [-0.15, -0.1) is 0 Å². The fourth-order valence-electron chi connectivity index (χ4n) is 1.51. The summed E-state index contributed by atoms with van der Waals surface area (Å²) >= 11 is 0. The Balaban J connectivity index is 2.22. The zero-order chi connectivity index (χ0) is 13.0. The van der Waals surface area contributed by atoms with Gasteiger partial charge < -0.3 is 4.74 Å². The van der Waals surface area contributed by atoms with Crippen LogP contribution in [0.1, 0.15) is 0 Å². The fraction of sp³-hybridized carbons (Fsp3) is 0.0833. The number of hydrogen-bond acceptors (Lipinski definition) is 4. The van der Waals surface area contributed by atoms with E-state index in [1.807, 2.05) is 18.2 Å². The molecule has 2 aromatic rings. The van der Waals surface area contributed by atoms with Crippen molar-refractivity contribution in [3.63, 3.8) is 0 Å². The van der Waals surface area contributed by atoms with Gasteiger partial charge in [0.05, 0.1) is 7.11 Å². The average molecular weight is 264 g/mol. The van der Waals surface area contributed by atoms with E-state index >= 15 is 0 Å². The van der Waals surface area contributed by atoms with E-state index in [1.54, 1.807) is 31.5 Å². The van der Waals surface area contributed by atoms with Crippen molar-refractivity contribution >= 4 is 16.6 Å². The number of methoxy groups -OCH3 is 1. The lowest BCUT2D eigenvalue weighted by Crippen LogP contribution is -1.94. The van der Waals surface area contributed by atoms with E-state index in [0.29, 0.717) is 11.6 Å². The van der Waals surface area contributed by atoms with Crippen molar-refractivity contribution in [2.24, 2.45) is 0 Å². The summed E-state index contributed by atoms with van der Waals surface area (Å²) in [6.45, 7) is 0. The quantitative estimate of drug-likeness (QED) is 0.825. The molecule has 0 aliphatic carbocycles. The topological polar surface area (TPSA) is 68.3 Å². The van der Waals surface area contributed by atoms with E-state index < -0.39 is 10.9 Å². The Kier molecular flexibility index (Phi) is 3.78. The highest BCUT2D eigenvalue weighted by Crippen LogP contribution is 2.22. The molecule has 2 rings (SSSR count). The minimum absolute atomic E-state index is 0.538. The molecule has 0 atom stereocenters. The summed E-state index contributed by atoms with van der Waals surface area (Å²) in [5.41, 5.74) is 2.43. The largest absolute Gasteiger partial charge is 0.481 e. The zero-order valence-electron chi connectivity index (χ0n) is 9.66. The second-order valence-electron chi connectivity index (χ2n) is 3.54. The van der Waals surface area contributed by atoms with Crippen LogP contribution >= 0.6 is 0 Å². The number of nitrogens with zero attached hydrogens (tertiary/aromatic N) is 1. The number of benzene rings is 1. The molecule has 0 fully saturated rings. The van der Waals surface area contributed by atoms with Crippen molar-refractivity contribution in [2.75, 3.05) is 11.8 Å². The molecule has 1 aromatic heterocycles. The number of nitrogens with one attached hydrogen (secondary N) is 1. The minimum Gasteiger partial charge on any atom is -0.481 e. The van der Waals surface area contributed by atoms with Gasteiger partial charge in [0.2, 0.25) is 16.8 Å². The third kappa shape index (κ3) is 2.98. The number of hydrogen-bond donors (Lipinski definition) is 2. The summed E-state index contributed by atoms with van der Waals surface area (Å²) in [5.74, 6) is 0.556. The maximum atomic E-state index is 10.5. The molecule has 6 heteroatoms. The number of pyridine rings is 1. The number of rotatable bonds is 4. The maximum absolute atomic E-state index is 10.5. The first-order valence-electron chi connectivity index (χ1n) is 5.20. The molecule has 0 spiro atoms. The first-order chi connectivity index (χ1) is 8.69. The van der Waals surface area contributed by atoms with Crippen LogP contribution in [0.3, 0.4) is 0 Å². The molecule has 0 aliphatic heterocycles. The van der Waals surface area contributed by atoms with Gasteiger partial charge >= 0.3 is 0 Å². The molecule has 0 saturated heterocycles. The van der Waals surface area contributed by atoms with E-state index in [4.69, 9.17) is 4.74 Å². The molecule has 5 nitrogen and oxygen atoms in total. The first-order valence-corrected chi connectivity index (χ1v) is 6.38. The molecule has 0 unspecified atom stereocenters. The Bertz CT molecular complexity index is 584. The highest BCUT2D eigenvalue weighted by Gasteiger charge is 2.00. The summed E-state index contributed by atoms with van der Waals surface area (Å²) in [6, 6.07) is 10.7. The van der Waals surface area contributed by atoms with Crippen molar-refractivity contribution in [3.8, 4) is 17.0 Å². The van der Waals surface area contributed by atoms with E-state index in [1.165, 1.54) is 0 Å². The molecule has 0 amide bonds. The smallest absolute Gasteiger partial charge is 0.222 e. The van der Waals surface area contributed by atoms with Crippen molar-refractivity contribution < 1.29 is 13.2 Å². The zero-order valence-corrected chi connectivity index (χ0v) is 10.6. The van der Waals surface area contributed by atoms with E-state index in [-0.39, 0.29) is 0 Å². The molecule has 1 heterocycles. The Labute approximate surface area is 107 Å². The van der Waals surface area contributed by atoms with Crippen molar-refractivity contribution in [2.45, 2.75) is 0 Å². The van der Waals surface area contributed by atoms with Crippen LogP contribution in [0, 0.1) is 0 Å². The molecule has 0 saturated carbocycles. The van der Waals surface area contributed by atoms with Crippen LogP contribution in [0.5, 0.6) is 5.88 Å². The van der Waals surface area contributed by atoms with E-state index in [0.717, 1.165) is 11.1 Å². The predicted octanol–water partition coefficient (Wildman–Crippen LogP) is 1.70. The van der Waals surface area contributed by atoms with Crippen LogP contribution in [0.4, 0.5) is 5.69 Å². The van der Waals surface area contributed by atoms with Crippen LogP contribution in [0.2, 0.25) is 0 Å². The number of anilines is 1. The second kappa shape index (κ2) is 5.50. The summed E-state index contributed by atoms with van der Waals surface area (Å²) in [7, 11) is -1.06. The molecule has 18 heavy (non-hydrogen) atoms. The van der Waals surface area contributed by atoms with Gasteiger partial charge in [-0.3, -0.25) is 4.72 Å². The van der Waals surface area contributed by atoms with E-state index in [9.17, 15) is 8.42 Å². The van der Waals surface area contributed by atoms with E-state index in [2.05, 4.69) is 9.71 Å². The molecule has 0 aliphatic rings. The maximum Gasteiger partial charge on any atom is 0.222 e. The average Bonchev–Trinajstić information content (AvgIpc) is 2.39. The number of thiol groups is 1. The summed E-state index contributed by atoms with van der Waals surface area (Å²) < 4.78 is 28.3. The number of aromatic nitrogens is 1. The lowest BCUT2D eigenvalue weighted by molar-refractivity contribution is 0.398. The summed E-state index contributed by atoms with van der Waals surface area (Å²) in [4.78, 5) is 4.11. The minimum atomic E-state index is -2.63. The summed E-state index contributed by atoms with van der Waals surface area (Å²) in [5, 5.41) is 0. The van der Waals surface area contributed by atoms with Crippen molar-refractivity contribution in [1.82, 2.24) is 4.98 Å². The molecule has 1 aromatic carbocycles. The molecule has 0 radical (unpaired) electrons. The third-order valence-corrected chi connectivity index (χ3v) is 2.82. The Morgan fingerprint density at radius 2 is 1.72 bits per heavy atom. The predicted molar refractivity (Wildman–Crippen MR) is 70.2 cm³/mol. The Hall–Kier alpha value is -2.08. The lowest BCUT2D eigenvalue weighted by atomic mass is 10.1. The molecular formula is C12H12N2O3S. The van der Waals surface area contributed by atoms with Gasteiger partial charge in [0.1, 0.15) is 0 Å². The fourth-order valence-corrected chi connectivity index (χ4v) is 1.87. The van der Waals surface area contributed by atoms with Crippen molar-refractivity contribution in [3.05, 3.63) is 42.6 Å². The van der Waals surface area contributed by atoms with Gasteiger partial charge in [-0.05, 0) is 23.8 Å². The van der Waals surface area contributed by atoms with Crippen LogP contribution in [0.15, 0.2) is 42.6 Å². The Morgan fingerprint density at radius 3 is 2.22 bits per heavy atom. The highest BCUT2D eigenvalue weighted by atomic mass is 32.2. The van der Waals surface area contributed by atoms with Crippen LogP contribution in [-0.4, -0.2) is 20.5 Å². The normalized spacial score (nSPS) is 10.3. The highest BCUT2D eigenvalue weighted by molar-refractivity contribution is 7.73. The van der Waals surface area contributed by atoms with Gasteiger partial charge in [0, 0.05) is 23.5 Å². The SMILES string of the molecule is COc1ccc(-c2ccc(N[SH](=O)=O)cc2)cn1. The van der Waals surface area contributed by atoms with Crippen LogP contribution < -0.4 is 9.46 Å². The van der Waals surface area contributed by atoms with Crippen LogP contribution in [-0.2, 0) is 10.9 Å². The second-order valence-corrected chi connectivity index (χ2v) is 4.27. The van der Waals surface area contributed by atoms with Gasteiger partial charge in [0.25, 0.3) is 0 Å². The molecule has 94 valence electrons. The van der Waals surface area contributed by atoms with Gasteiger partial charge in [-0.25, -0.2) is 13.4 Å². The van der Waals surface area contributed by atoms with Crippen molar-refractivity contribution in [1.29, 1.82) is 0 Å². The lowest BCUT2D eigenvalue weighted by Gasteiger charge is -2.04. The van der Waals surface area contributed by atoms with Gasteiger partial charge in [-0.1, -0.05) is 12.1 Å². The summed E-state index contributed by atoms with van der Waals surface area (Å²) in [6.07, 6.45) is 1.70. The number of ether oxygens (including phenoxy) is 1. The standard InChI is InChI=1S/C12H12N2O3S/c1-17-12-7-4-10(8-13-12)9-2-5-11(6-3-9)14-18(15)16/h2-8,18H,1H3,(H,14,15,16). The van der Waals surface area contributed by atoms with Gasteiger partial charge in [-0.2, -0.15) is 0 Å². The van der Waals surface area contributed by atoms with Gasteiger partial charge in [0.15, 0.2) is 0 Å². The molecule has 0 bridgehead atoms. The van der Waals surface area contributed by atoms with Crippen LogP contribution in [0.25, 0.3) is 11.1 Å².